The Hall–Kier alpha value is -1.50. The molecule has 2 heterocycles. The van der Waals surface area contributed by atoms with Crippen molar-refractivity contribution in [3.63, 3.8) is 0 Å². The van der Waals surface area contributed by atoms with Crippen molar-refractivity contribution >= 4 is 15.9 Å². The summed E-state index contributed by atoms with van der Waals surface area (Å²) in [7, 11) is 2.04. The van der Waals surface area contributed by atoms with Gasteiger partial charge in [-0.25, -0.2) is 0 Å². The van der Waals surface area contributed by atoms with E-state index in [0.29, 0.717) is 6.54 Å². The second-order valence-electron chi connectivity index (χ2n) is 5.03. The molecule has 2 N–H and O–H groups in total. The monoisotopic (exact) mass is 352 g/mol. The molecule has 3 rings (SSSR count). The number of halogens is 1. The summed E-state index contributed by atoms with van der Waals surface area (Å²) < 4.78 is 16.9. The first-order valence-electron chi connectivity index (χ1n) is 6.69. The first-order chi connectivity index (χ1) is 10.2. The lowest BCUT2D eigenvalue weighted by Gasteiger charge is -2.27. The van der Waals surface area contributed by atoms with Gasteiger partial charge in [0.1, 0.15) is 0 Å². The number of furan rings is 1. The van der Waals surface area contributed by atoms with Crippen molar-refractivity contribution in [2.45, 2.75) is 12.6 Å². The highest BCUT2D eigenvalue weighted by atomic mass is 79.9. The van der Waals surface area contributed by atoms with Gasteiger partial charge in [-0.15, -0.1) is 0 Å². The highest BCUT2D eigenvalue weighted by molar-refractivity contribution is 9.10. The second-order valence-corrected chi connectivity index (χ2v) is 5.89. The third kappa shape index (κ3) is 2.92. The Kier molecular flexibility index (Phi) is 4.19. The lowest BCUT2D eigenvalue weighted by Crippen LogP contribution is -2.30. The van der Waals surface area contributed by atoms with Gasteiger partial charge >= 0.3 is 0 Å². The van der Waals surface area contributed by atoms with Crippen LogP contribution in [0.15, 0.2) is 39.6 Å². The molecule has 112 valence electrons. The molecule has 0 spiro atoms. The Bertz CT molecular complexity index is 616. The third-order valence-electron chi connectivity index (χ3n) is 3.60. The average molecular weight is 353 g/mol. The van der Waals surface area contributed by atoms with Gasteiger partial charge in [-0.3, -0.25) is 4.90 Å². The topological polar surface area (TPSA) is 60.9 Å². The van der Waals surface area contributed by atoms with E-state index in [1.807, 2.05) is 25.2 Å². The van der Waals surface area contributed by atoms with Crippen LogP contribution in [0.1, 0.15) is 17.2 Å². The van der Waals surface area contributed by atoms with E-state index in [4.69, 9.17) is 19.6 Å². The Morgan fingerprint density at radius 2 is 2.24 bits per heavy atom. The normalized spacial score (nSPS) is 14.7. The lowest BCUT2D eigenvalue weighted by molar-refractivity contribution is 0.173. The molecule has 0 saturated heterocycles. The average Bonchev–Trinajstić information content (AvgIpc) is 3.10. The van der Waals surface area contributed by atoms with Crippen LogP contribution in [-0.2, 0) is 6.54 Å². The number of nitrogens with two attached hydrogens (primary N) is 1. The zero-order valence-electron chi connectivity index (χ0n) is 11.7. The van der Waals surface area contributed by atoms with Gasteiger partial charge in [0.2, 0.25) is 6.79 Å². The van der Waals surface area contributed by atoms with Crippen LogP contribution in [0, 0.1) is 0 Å². The van der Waals surface area contributed by atoms with Gasteiger partial charge in [0.05, 0.1) is 17.0 Å². The molecule has 1 aromatic heterocycles. The van der Waals surface area contributed by atoms with Gasteiger partial charge in [-0.2, -0.15) is 0 Å². The van der Waals surface area contributed by atoms with Crippen molar-refractivity contribution in [3.05, 3.63) is 46.3 Å². The van der Waals surface area contributed by atoms with E-state index in [1.54, 1.807) is 12.5 Å². The van der Waals surface area contributed by atoms with Crippen molar-refractivity contribution in [3.8, 4) is 11.5 Å². The van der Waals surface area contributed by atoms with Crippen molar-refractivity contribution in [1.29, 1.82) is 0 Å². The van der Waals surface area contributed by atoms with Crippen LogP contribution in [0.2, 0.25) is 0 Å². The molecule has 21 heavy (non-hydrogen) atoms. The molecule has 1 aromatic carbocycles. The maximum atomic E-state index is 5.98. The van der Waals surface area contributed by atoms with E-state index in [-0.39, 0.29) is 12.8 Å². The fraction of sp³-hybridized carbons (Fsp3) is 0.333. The van der Waals surface area contributed by atoms with E-state index in [0.717, 1.165) is 33.6 Å². The van der Waals surface area contributed by atoms with Gasteiger partial charge in [0.15, 0.2) is 11.5 Å². The van der Waals surface area contributed by atoms with Crippen molar-refractivity contribution < 1.29 is 13.9 Å². The number of hydrogen-bond donors (Lipinski definition) is 1. The molecule has 0 amide bonds. The summed E-state index contributed by atoms with van der Waals surface area (Å²) in [4.78, 5) is 2.19. The highest BCUT2D eigenvalue weighted by Gasteiger charge is 2.23. The van der Waals surface area contributed by atoms with Crippen LogP contribution in [-0.4, -0.2) is 25.3 Å². The Balaban J connectivity index is 1.84. The molecule has 5 nitrogen and oxygen atoms in total. The van der Waals surface area contributed by atoms with Gasteiger partial charge in [-0.1, -0.05) is 0 Å². The molecule has 0 bridgehead atoms. The molecule has 2 aromatic rings. The smallest absolute Gasteiger partial charge is 0.231 e. The zero-order valence-corrected chi connectivity index (χ0v) is 13.3. The third-order valence-corrected chi connectivity index (χ3v) is 4.19. The fourth-order valence-corrected chi connectivity index (χ4v) is 3.11. The van der Waals surface area contributed by atoms with Crippen molar-refractivity contribution in [2.75, 3.05) is 20.4 Å². The summed E-state index contributed by atoms with van der Waals surface area (Å²) in [6.45, 7) is 1.54. The van der Waals surface area contributed by atoms with E-state index in [9.17, 15) is 0 Å². The molecule has 1 atom stereocenters. The molecule has 0 aliphatic carbocycles. The minimum Gasteiger partial charge on any atom is -0.472 e. The molecule has 1 aliphatic heterocycles. The van der Waals surface area contributed by atoms with Crippen LogP contribution in [0.25, 0.3) is 0 Å². The molecule has 1 unspecified atom stereocenters. The fourth-order valence-electron chi connectivity index (χ4n) is 2.53. The van der Waals surface area contributed by atoms with Gasteiger partial charge in [-0.05, 0) is 46.7 Å². The van der Waals surface area contributed by atoms with Crippen LogP contribution in [0.4, 0.5) is 0 Å². The standard InChI is InChI=1S/C15H17BrN2O3/c1-18(7-10-2-3-19-8-10)13(6-17)11-4-12(16)15-14(5-11)20-9-21-15/h2-5,8,13H,6-7,9,17H2,1H3. The predicted molar refractivity (Wildman–Crippen MR) is 82.2 cm³/mol. The number of hydrogen-bond acceptors (Lipinski definition) is 5. The van der Waals surface area contributed by atoms with Crippen LogP contribution >= 0.6 is 15.9 Å². The minimum atomic E-state index is 0.0886. The van der Waals surface area contributed by atoms with Crippen molar-refractivity contribution in [2.24, 2.45) is 5.73 Å². The van der Waals surface area contributed by atoms with Crippen LogP contribution in [0.3, 0.4) is 0 Å². The van der Waals surface area contributed by atoms with E-state index in [2.05, 4.69) is 20.8 Å². The molecule has 0 radical (unpaired) electrons. The molecule has 6 heteroatoms. The number of benzene rings is 1. The summed E-state index contributed by atoms with van der Waals surface area (Å²) in [5.41, 5.74) is 8.20. The first kappa shape index (κ1) is 14.4. The minimum absolute atomic E-state index is 0.0886. The number of nitrogens with zero attached hydrogens (tertiary/aromatic N) is 1. The number of ether oxygens (including phenoxy) is 2. The summed E-state index contributed by atoms with van der Waals surface area (Å²) in [6.07, 6.45) is 3.43. The predicted octanol–water partition coefficient (Wildman–Crippen LogP) is 2.90. The Morgan fingerprint density at radius 1 is 1.38 bits per heavy atom. The number of rotatable bonds is 5. The Labute approximate surface area is 131 Å². The van der Waals surface area contributed by atoms with Crippen molar-refractivity contribution in [1.82, 2.24) is 4.90 Å². The summed E-state index contributed by atoms with van der Waals surface area (Å²) in [5, 5.41) is 0. The summed E-state index contributed by atoms with van der Waals surface area (Å²) >= 11 is 3.53. The van der Waals surface area contributed by atoms with E-state index < -0.39 is 0 Å². The van der Waals surface area contributed by atoms with E-state index in [1.165, 1.54) is 0 Å². The molecular formula is C15H17BrN2O3. The van der Waals surface area contributed by atoms with Gasteiger partial charge in [0, 0.05) is 24.7 Å². The van der Waals surface area contributed by atoms with Gasteiger partial charge < -0.3 is 19.6 Å². The number of likely N-dealkylation sites (N-methyl/N-ethyl adjacent to an activating group) is 1. The number of fused-ring (bicyclic) bond motifs is 1. The maximum absolute atomic E-state index is 5.98. The quantitative estimate of drug-likeness (QED) is 0.896. The first-order valence-corrected chi connectivity index (χ1v) is 7.48. The summed E-state index contributed by atoms with van der Waals surface area (Å²) in [6, 6.07) is 6.08. The second kappa shape index (κ2) is 6.09. The van der Waals surface area contributed by atoms with Crippen LogP contribution in [0.5, 0.6) is 11.5 Å². The summed E-state index contributed by atoms with van der Waals surface area (Å²) in [5.74, 6) is 1.52. The van der Waals surface area contributed by atoms with Gasteiger partial charge in [0.25, 0.3) is 0 Å². The van der Waals surface area contributed by atoms with E-state index >= 15 is 0 Å². The molecule has 0 saturated carbocycles. The maximum Gasteiger partial charge on any atom is 0.231 e. The Morgan fingerprint density at radius 3 is 2.95 bits per heavy atom. The molecule has 0 fully saturated rings. The molecular weight excluding hydrogens is 336 g/mol. The molecule has 1 aliphatic rings. The highest BCUT2D eigenvalue weighted by Crippen LogP contribution is 2.41. The largest absolute Gasteiger partial charge is 0.472 e. The lowest BCUT2D eigenvalue weighted by atomic mass is 10.0. The SMILES string of the molecule is CN(Cc1ccoc1)C(CN)c1cc(Br)c2c(c1)OCO2. The van der Waals surface area contributed by atoms with Crippen LogP contribution < -0.4 is 15.2 Å². The zero-order chi connectivity index (χ0) is 14.8.